The number of carbonyl (C=O) groups is 2. The van der Waals surface area contributed by atoms with Gasteiger partial charge in [-0.15, -0.1) is 0 Å². The summed E-state index contributed by atoms with van der Waals surface area (Å²) in [5.41, 5.74) is 3.38. The molecule has 1 aliphatic heterocycles. The third-order valence-corrected chi connectivity index (χ3v) is 5.06. The number of anilines is 2. The SMILES string of the molecule is Cc1cccc(Nc2ccccc2C(=O)O[C@@H]2OC(C(=O)O)[C@@H](O)[C@H](O)C2O)c1C. The van der Waals surface area contributed by atoms with Crippen molar-refractivity contribution in [2.45, 2.75) is 44.6 Å². The van der Waals surface area contributed by atoms with Crippen LogP contribution in [-0.4, -0.2) is 63.1 Å². The molecule has 2 aromatic carbocycles. The molecule has 2 aromatic rings. The number of ether oxygens (including phenoxy) is 2. The second-order valence-corrected chi connectivity index (χ2v) is 7.06. The van der Waals surface area contributed by atoms with Gasteiger partial charge in [-0.1, -0.05) is 24.3 Å². The number of aliphatic hydroxyl groups is 3. The highest BCUT2D eigenvalue weighted by Gasteiger charge is 2.48. The normalized spacial score (nSPS) is 26.1. The number of aliphatic hydroxyl groups excluding tert-OH is 3. The Hall–Kier alpha value is -2.98. The molecule has 0 aliphatic carbocycles. The van der Waals surface area contributed by atoms with Gasteiger partial charge in [-0.05, 0) is 43.2 Å². The molecule has 9 nitrogen and oxygen atoms in total. The standard InChI is InChI=1S/C21H23NO8/c1-10-6-5-9-13(11(10)2)22-14-8-4-3-7-12(14)20(28)30-21-17(25)15(23)16(24)18(29-21)19(26)27/h3-9,15-18,21-25H,1-2H3,(H,26,27)/t15-,16-,17?,18?,21-/m0/s1. The van der Waals surface area contributed by atoms with E-state index in [1.54, 1.807) is 18.2 Å². The maximum absolute atomic E-state index is 12.7. The van der Waals surface area contributed by atoms with Crippen LogP contribution in [0.15, 0.2) is 42.5 Å². The Labute approximate surface area is 172 Å². The van der Waals surface area contributed by atoms with Gasteiger partial charge in [0, 0.05) is 5.69 Å². The van der Waals surface area contributed by atoms with Gasteiger partial charge in [0.25, 0.3) is 0 Å². The lowest BCUT2D eigenvalue weighted by atomic mass is 9.99. The van der Waals surface area contributed by atoms with E-state index < -0.39 is 42.6 Å². The summed E-state index contributed by atoms with van der Waals surface area (Å²) in [7, 11) is 0. The largest absolute Gasteiger partial charge is 0.479 e. The van der Waals surface area contributed by atoms with Crippen molar-refractivity contribution < 1.29 is 39.5 Å². The topological polar surface area (TPSA) is 146 Å². The van der Waals surface area contributed by atoms with Gasteiger partial charge >= 0.3 is 11.9 Å². The number of carboxylic acids is 1. The van der Waals surface area contributed by atoms with Gasteiger partial charge in [0.15, 0.2) is 6.10 Å². The average Bonchev–Trinajstić information content (AvgIpc) is 2.71. The fraction of sp³-hybridized carbons (Fsp3) is 0.333. The highest BCUT2D eigenvalue weighted by molar-refractivity contribution is 5.96. The first kappa shape index (κ1) is 21.7. The first-order chi connectivity index (χ1) is 14.2. The Morgan fingerprint density at radius 1 is 0.933 bits per heavy atom. The first-order valence-electron chi connectivity index (χ1n) is 9.26. The third kappa shape index (κ3) is 4.29. The van der Waals surface area contributed by atoms with Crippen LogP contribution in [0.4, 0.5) is 11.4 Å². The minimum atomic E-state index is -1.87. The van der Waals surface area contributed by atoms with Crippen LogP contribution in [0.3, 0.4) is 0 Å². The van der Waals surface area contributed by atoms with E-state index >= 15 is 0 Å². The molecule has 0 saturated carbocycles. The van der Waals surface area contributed by atoms with E-state index in [4.69, 9.17) is 14.6 Å². The number of aryl methyl sites for hydroxylation is 1. The number of hydrogen-bond acceptors (Lipinski definition) is 8. The second kappa shape index (κ2) is 8.80. The summed E-state index contributed by atoms with van der Waals surface area (Å²) < 4.78 is 10.1. The van der Waals surface area contributed by atoms with Gasteiger partial charge in [0.1, 0.15) is 18.3 Å². The molecule has 0 aromatic heterocycles. The van der Waals surface area contributed by atoms with E-state index in [1.807, 2.05) is 32.0 Å². The highest BCUT2D eigenvalue weighted by Crippen LogP contribution is 2.28. The molecule has 1 fully saturated rings. The van der Waals surface area contributed by atoms with Crippen molar-refractivity contribution in [3.05, 3.63) is 59.2 Å². The molecule has 1 saturated heterocycles. The van der Waals surface area contributed by atoms with Crippen LogP contribution in [0.25, 0.3) is 0 Å². The fourth-order valence-corrected chi connectivity index (χ4v) is 3.12. The number of rotatable bonds is 5. The molecule has 0 spiro atoms. The monoisotopic (exact) mass is 417 g/mol. The van der Waals surface area contributed by atoms with Gasteiger partial charge < -0.3 is 35.2 Å². The van der Waals surface area contributed by atoms with Crippen LogP contribution >= 0.6 is 0 Å². The lowest BCUT2D eigenvalue weighted by Gasteiger charge is -2.38. The van der Waals surface area contributed by atoms with Gasteiger partial charge in [0.05, 0.1) is 11.3 Å². The number of nitrogens with one attached hydrogen (secondary N) is 1. The van der Waals surface area contributed by atoms with Crippen molar-refractivity contribution in [3.8, 4) is 0 Å². The van der Waals surface area contributed by atoms with Gasteiger partial charge in [0.2, 0.25) is 6.29 Å². The number of aliphatic carboxylic acids is 1. The maximum Gasteiger partial charge on any atom is 0.342 e. The summed E-state index contributed by atoms with van der Waals surface area (Å²) in [6.45, 7) is 3.89. The molecule has 5 atom stereocenters. The molecule has 5 N–H and O–H groups in total. The number of carbonyl (C=O) groups excluding carboxylic acids is 1. The van der Waals surface area contributed by atoms with E-state index in [2.05, 4.69) is 5.32 Å². The zero-order valence-electron chi connectivity index (χ0n) is 16.4. The predicted octanol–water partition coefficient (Wildman–Crippen LogP) is 1.10. The summed E-state index contributed by atoms with van der Waals surface area (Å²) in [4.78, 5) is 23.9. The smallest absolute Gasteiger partial charge is 0.342 e. The number of hydrogen-bond donors (Lipinski definition) is 5. The second-order valence-electron chi connectivity index (χ2n) is 7.06. The van der Waals surface area contributed by atoms with Gasteiger partial charge in [-0.3, -0.25) is 0 Å². The molecule has 1 heterocycles. The molecule has 160 valence electrons. The van der Waals surface area contributed by atoms with E-state index in [9.17, 15) is 24.9 Å². The van der Waals surface area contributed by atoms with Crippen molar-refractivity contribution in [1.29, 1.82) is 0 Å². The maximum atomic E-state index is 12.7. The highest BCUT2D eigenvalue weighted by atomic mass is 16.7. The van der Waals surface area contributed by atoms with Crippen molar-refractivity contribution in [2.24, 2.45) is 0 Å². The first-order valence-corrected chi connectivity index (χ1v) is 9.26. The summed E-state index contributed by atoms with van der Waals surface area (Å²) in [6.07, 6.45) is -9.18. The van der Waals surface area contributed by atoms with Crippen molar-refractivity contribution in [3.63, 3.8) is 0 Å². The molecule has 9 heteroatoms. The minimum absolute atomic E-state index is 0.113. The summed E-state index contributed by atoms with van der Waals surface area (Å²) in [6, 6.07) is 12.2. The quantitative estimate of drug-likeness (QED) is 0.451. The predicted molar refractivity (Wildman–Crippen MR) is 105 cm³/mol. The average molecular weight is 417 g/mol. The van der Waals surface area contributed by atoms with E-state index in [0.717, 1.165) is 16.8 Å². The number of benzene rings is 2. The lowest BCUT2D eigenvalue weighted by Crippen LogP contribution is -2.60. The van der Waals surface area contributed by atoms with Crippen molar-refractivity contribution in [2.75, 3.05) is 5.32 Å². The molecule has 0 amide bonds. The number of para-hydroxylation sites is 1. The molecule has 0 bridgehead atoms. The molecular formula is C21H23NO8. The van der Waals surface area contributed by atoms with Crippen LogP contribution in [-0.2, 0) is 14.3 Å². The Balaban J connectivity index is 1.82. The van der Waals surface area contributed by atoms with Crippen LogP contribution in [0.1, 0.15) is 21.5 Å². The van der Waals surface area contributed by atoms with Crippen LogP contribution in [0.5, 0.6) is 0 Å². The van der Waals surface area contributed by atoms with Crippen molar-refractivity contribution in [1.82, 2.24) is 0 Å². The minimum Gasteiger partial charge on any atom is -0.479 e. The Morgan fingerprint density at radius 3 is 2.30 bits per heavy atom. The molecule has 2 unspecified atom stereocenters. The zero-order chi connectivity index (χ0) is 22.0. The van der Waals surface area contributed by atoms with Gasteiger partial charge in [-0.25, -0.2) is 9.59 Å². The fourth-order valence-electron chi connectivity index (χ4n) is 3.12. The van der Waals surface area contributed by atoms with E-state index in [1.165, 1.54) is 6.07 Å². The summed E-state index contributed by atoms with van der Waals surface area (Å²) in [5, 5.41) is 41.9. The van der Waals surface area contributed by atoms with Crippen molar-refractivity contribution >= 4 is 23.3 Å². The van der Waals surface area contributed by atoms with Crippen LogP contribution in [0, 0.1) is 13.8 Å². The molecular weight excluding hydrogens is 394 g/mol. The molecule has 1 aliphatic rings. The third-order valence-electron chi connectivity index (χ3n) is 5.06. The number of carboxylic acid groups (broad SMARTS) is 1. The zero-order valence-corrected chi connectivity index (χ0v) is 16.4. The van der Waals surface area contributed by atoms with Crippen LogP contribution in [0.2, 0.25) is 0 Å². The van der Waals surface area contributed by atoms with E-state index in [-0.39, 0.29) is 5.56 Å². The number of esters is 1. The summed E-state index contributed by atoms with van der Waals surface area (Å²) >= 11 is 0. The molecule has 3 rings (SSSR count). The Bertz CT molecular complexity index is 946. The van der Waals surface area contributed by atoms with E-state index in [0.29, 0.717) is 5.69 Å². The van der Waals surface area contributed by atoms with Crippen LogP contribution < -0.4 is 5.32 Å². The molecule has 30 heavy (non-hydrogen) atoms. The van der Waals surface area contributed by atoms with Gasteiger partial charge in [-0.2, -0.15) is 0 Å². The lowest BCUT2D eigenvalue weighted by molar-refractivity contribution is -0.278. The molecule has 0 radical (unpaired) electrons. The Kier molecular flexibility index (Phi) is 6.37. The Morgan fingerprint density at radius 2 is 1.60 bits per heavy atom. The summed E-state index contributed by atoms with van der Waals surface area (Å²) in [5.74, 6) is -2.47.